The van der Waals surface area contributed by atoms with Crippen molar-refractivity contribution < 1.29 is 13.2 Å². The predicted molar refractivity (Wildman–Crippen MR) is 128 cm³/mol. The first-order valence-electron chi connectivity index (χ1n) is 11.2. The second kappa shape index (κ2) is 9.81. The third-order valence-electron chi connectivity index (χ3n) is 6.67. The van der Waals surface area contributed by atoms with Gasteiger partial charge in [0, 0.05) is 50.0 Å². The second-order valence-electron chi connectivity index (χ2n) is 8.58. The third-order valence-corrected chi connectivity index (χ3v) is 9.44. The first-order chi connectivity index (χ1) is 15.4. The van der Waals surface area contributed by atoms with E-state index in [0.29, 0.717) is 31.0 Å². The number of hydrogen-bond donors (Lipinski definition) is 1. The summed E-state index contributed by atoms with van der Waals surface area (Å²) in [7, 11) is -3.80. The summed E-state index contributed by atoms with van der Waals surface area (Å²) < 4.78 is 25.5. The molecule has 0 unspecified atom stereocenters. The van der Waals surface area contributed by atoms with E-state index in [1.165, 1.54) is 17.8 Å². The quantitative estimate of drug-likeness (QED) is 0.665. The maximum absolute atomic E-state index is 13.4. The first kappa shape index (κ1) is 23.1. The Hall–Kier alpha value is -2.09. The predicted octanol–water partition coefficient (Wildman–Crippen LogP) is 3.36. The summed E-state index contributed by atoms with van der Waals surface area (Å²) in [5.41, 5.74) is 1.23. The molecule has 2 aromatic carbocycles. The molecular weight excluding hydrogens is 446 g/mol. The van der Waals surface area contributed by atoms with E-state index in [4.69, 9.17) is 11.6 Å². The van der Waals surface area contributed by atoms with Gasteiger partial charge >= 0.3 is 0 Å². The van der Waals surface area contributed by atoms with Crippen molar-refractivity contribution in [3.63, 3.8) is 0 Å². The highest BCUT2D eigenvalue weighted by molar-refractivity contribution is 7.93. The minimum Gasteiger partial charge on any atom is -0.369 e. The fourth-order valence-corrected chi connectivity index (χ4v) is 6.97. The van der Waals surface area contributed by atoms with Gasteiger partial charge in [-0.3, -0.25) is 9.69 Å². The number of halogens is 1. The molecule has 0 radical (unpaired) electrons. The van der Waals surface area contributed by atoms with Gasteiger partial charge in [-0.2, -0.15) is 0 Å². The van der Waals surface area contributed by atoms with Crippen molar-refractivity contribution in [3.05, 3.63) is 59.6 Å². The van der Waals surface area contributed by atoms with Crippen molar-refractivity contribution >= 4 is 33.0 Å². The van der Waals surface area contributed by atoms with Gasteiger partial charge in [0.05, 0.1) is 4.90 Å². The van der Waals surface area contributed by atoms with Gasteiger partial charge < -0.3 is 10.2 Å². The Balaban J connectivity index is 1.34. The summed E-state index contributed by atoms with van der Waals surface area (Å²) in [6.45, 7) is 4.87. The maximum Gasteiger partial charge on any atom is 0.241 e. The topological polar surface area (TPSA) is 69.7 Å². The molecule has 0 spiro atoms. The molecule has 4 rings (SSSR count). The number of nitrogens with zero attached hydrogens (tertiary/aromatic N) is 2. The number of carbonyl (C=O) groups excluding carboxylic acids is 1. The van der Waals surface area contributed by atoms with Crippen LogP contribution in [0.3, 0.4) is 0 Å². The molecule has 1 N–H and O–H groups in total. The van der Waals surface area contributed by atoms with Crippen LogP contribution >= 0.6 is 11.6 Å². The Labute approximate surface area is 195 Å². The highest BCUT2D eigenvalue weighted by Crippen LogP contribution is 2.41. The van der Waals surface area contributed by atoms with E-state index < -0.39 is 14.6 Å². The van der Waals surface area contributed by atoms with Gasteiger partial charge in [-0.05, 0) is 49.2 Å². The fraction of sp³-hybridized carbons (Fsp3) is 0.458. The summed E-state index contributed by atoms with van der Waals surface area (Å²) in [6.07, 6.45) is 2.20. The molecule has 0 aromatic heterocycles. The standard InChI is InChI=1S/C24H30ClN3O3S/c25-20-8-10-22(11-9-20)32(30,31)24(12-4-5-13-24)23(29)26-14-15-27-16-18-28(19-17-27)21-6-2-1-3-7-21/h1-3,6-11H,4-5,12-19H2,(H,26,29). The Morgan fingerprint density at radius 1 is 0.938 bits per heavy atom. The maximum atomic E-state index is 13.4. The fourth-order valence-electron chi connectivity index (χ4n) is 4.76. The molecule has 172 valence electrons. The zero-order valence-corrected chi connectivity index (χ0v) is 19.7. The van der Waals surface area contributed by atoms with Crippen LogP contribution in [0.5, 0.6) is 0 Å². The van der Waals surface area contributed by atoms with Gasteiger partial charge in [-0.15, -0.1) is 0 Å². The summed E-state index contributed by atoms with van der Waals surface area (Å²) >= 11 is 5.92. The summed E-state index contributed by atoms with van der Waals surface area (Å²) in [5, 5.41) is 3.42. The molecule has 2 aliphatic rings. The molecule has 1 saturated heterocycles. The minimum absolute atomic E-state index is 0.163. The van der Waals surface area contributed by atoms with Crippen molar-refractivity contribution in [2.45, 2.75) is 35.3 Å². The van der Waals surface area contributed by atoms with Gasteiger partial charge in [0.25, 0.3) is 0 Å². The van der Waals surface area contributed by atoms with Crippen molar-refractivity contribution in [1.82, 2.24) is 10.2 Å². The number of hydrogen-bond acceptors (Lipinski definition) is 5. The molecule has 1 aliphatic carbocycles. The number of carbonyl (C=O) groups is 1. The highest BCUT2D eigenvalue weighted by atomic mass is 35.5. The normalized spacial score (nSPS) is 19.1. The van der Waals surface area contributed by atoms with E-state index >= 15 is 0 Å². The lowest BCUT2D eigenvalue weighted by atomic mass is 10.1. The van der Waals surface area contributed by atoms with E-state index in [1.54, 1.807) is 12.1 Å². The van der Waals surface area contributed by atoms with E-state index in [9.17, 15) is 13.2 Å². The number of rotatable bonds is 7. The van der Waals surface area contributed by atoms with Crippen molar-refractivity contribution in [2.24, 2.45) is 0 Å². The molecule has 1 heterocycles. The third kappa shape index (κ3) is 4.65. The average Bonchev–Trinajstić information content (AvgIpc) is 3.32. The number of para-hydroxylation sites is 1. The molecule has 32 heavy (non-hydrogen) atoms. The SMILES string of the molecule is O=C(NCCN1CCN(c2ccccc2)CC1)C1(S(=O)(=O)c2ccc(Cl)cc2)CCCC1. The van der Waals surface area contributed by atoms with Gasteiger partial charge in [0.15, 0.2) is 14.6 Å². The smallest absolute Gasteiger partial charge is 0.241 e. The molecule has 1 saturated carbocycles. The largest absolute Gasteiger partial charge is 0.369 e. The van der Waals surface area contributed by atoms with E-state index in [0.717, 1.165) is 39.0 Å². The molecule has 8 heteroatoms. The Bertz CT molecular complexity index is 1010. The second-order valence-corrected chi connectivity index (χ2v) is 11.3. The summed E-state index contributed by atoms with van der Waals surface area (Å²) in [4.78, 5) is 18.0. The average molecular weight is 476 g/mol. The van der Waals surface area contributed by atoms with Crippen LogP contribution in [-0.4, -0.2) is 63.2 Å². The van der Waals surface area contributed by atoms with Gasteiger partial charge in [0.2, 0.25) is 5.91 Å². The lowest BCUT2D eigenvalue weighted by Gasteiger charge is -2.36. The summed E-state index contributed by atoms with van der Waals surface area (Å²) in [5.74, 6) is -0.368. The lowest BCUT2D eigenvalue weighted by molar-refractivity contribution is -0.123. The number of nitrogens with one attached hydrogen (secondary N) is 1. The molecule has 6 nitrogen and oxygen atoms in total. The van der Waals surface area contributed by atoms with Crippen LogP contribution < -0.4 is 10.2 Å². The van der Waals surface area contributed by atoms with E-state index in [1.807, 2.05) is 18.2 Å². The van der Waals surface area contributed by atoms with Crippen molar-refractivity contribution in [2.75, 3.05) is 44.2 Å². The molecular formula is C24H30ClN3O3S. The van der Waals surface area contributed by atoms with Crippen molar-refractivity contribution in [1.29, 1.82) is 0 Å². The number of amides is 1. The Morgan fingerprint density at radius 3 is 2.19 bits per heavy atom. The lowest BCUT2D eigenvalue weighted by Crippen LogP contribution is -2.53. The van der Waals surface area contributed by atoms with Crippen LogP contribution in [0.15, 0.2) is 59.5 Å². The molecule has 1 aliphatic heterocycles. The van der Waals surface area contributed by atoms with Crippen LogP contribution in [-0.2, 0) is 14.6 Å². The number of sulfone groups is 1. The Kier molecular flexibility index (Phi) is 7.08. The number of piperazine rings is 1. The zero-order valence-electron chi connectivity index (χ0n) is 18.2. The van der Waals surface area contributed by atoms with Crippen LogP contribution in [0, 0.1) is 0 Å². The van der Waals surface area contributed by atoms with Crippen LogP contribution in [0.2, 0.25) is 5.02 Å². The number of anilines is 1. The number of benzene rings is 2. The molecule has 0 bridgehead atoms. The van der Waals surface area contributed by atoms with E-state index in [-0.39, 0.29) is 10.8 Å². The highest BCUT2D eigenvalue weighted by Gasteiger charge is 2.52. The monoisotopic (exact) mass is 475 g/mol. The first-order valence-corrected chi connectivity index (χ1v) is 13.1. The van der Waals surface area contributed by atoms with Gasteiger partial charge in [0.1, 0.15) is 0 Å². The minimum atomic E-state index is -3.80. The van der Waals surface area contributed by atoms with Gasteiger partial charge in [-0.1, -0.05) is 42.6 Å². The van der Waals surface area contributed by atoms with Crippen LogP contribution in [0.1, 0.15) is 25.7 Å². The van der Waals surface area contributed by atoms with Crippen molar-refractivity contribution in [3.8, 4) is 0 Å². The molecule has 0 atom stereocenters. The van der Waals surface area contributed by atoms with Crippen LogP contribution in [0.25, 0.3) is 0 Å². The Morgan fingerprint density at radius 2 is 1.56 bits per heavy atom. The summed E-state index contributed by atoms with van der Waals surface area (Å²) in [6, 6.07) is 16.5. The zero-order chi connectivity index (χ0) is 22.6. The van der Waals surface area contributed by atoms with Gasteiger partial charge in [-0.25, -0.2) is 8.42 Å². The molecule has 1 amide bonds. The molecule has 2 fully saturated rings. The molecule has 2 aromatic rings. The van der Waals surface area contributed by atoms with Crippen LogP contribution in [0.4, 0.5) is 5.69 Å². The van der Waals surface area contributed by atoms with E-state index in [2.05, 4.69) is 27.2 Å².